The van der Waals surface area contributed by atoms with Gasteiger partial charge in [0.25, 0.3) is 0 Å². The Kier molecular flexibility index (Phi) is 3.88. The molecule has 0 aliphatic rings. The summed E-state index contributed by atoms with van der Waals surface area (Å²) in [5.74, 6) is 0. The summed E-state index contributed by atoms with van der Waals surface area (Å²) in [4.78, 5) is 0. The van der Waals surface area contributed by atoms with Gasteiger partial charge in [0, 0.05) is 12.2 Å². The molecule has 0 radical (unpaired) electrons. The van der Waals surface area contributed by atoms with Gasteiger partial charge >= 0.3 is 0 Å². The Morgan fingerprint density at radius 2 is 2.00 bits per heavy atom. The van der Waals surface area contributed by atoms with Crippen molar-refractivity contribution in [3.05, 3.63) is 29.8 Å². The molecule has 0 bridgehead atoms. The topological polar surface area (TPSA) is 75.3 Å². The summed E-state index contributed by atoms with van der Waals surface area (Å²) in [6.07, 6.45) is 0.715. The van der Waals surface area contributed by atoms with Crippen LogP contribution in [0.3, 0.4) is 0 Å². The number of benzene rings is 1. The first-order chi connectivity index (χ1) is 6.18. The fourth-order valence-electron chi connectivity index (χ4n) is 0.967. The second-order valence-corrected chi connectivity index (χ2v) is 3.42. The summed E-state index contributed by atoms with van der Waals surface area (Å²) in [6, 6.07) is 7.42. The Balaban J connectivity index is 2.37. The van der Waals surface area contributed by atoms with E-state index in [1.54, 1.807) is 0 Å². The van der Waals surface area contributed by atoms with E-state index in [1.807, 2.05) is 24.3 Å². The van der Waals surface area contributed by atoms with E-state index in [4.69, 9.17) is 10.3 Å². The fourth-order valence-corrected chi connectivity index (χ4v) is 1.24. The molecule has 0 amide bonds. The third-order valence-corrected chi connectivity index (χ3v) is 2.07. The van der Waals surface area contributed by atoms with Gasteiger partial charge in [0.15, 0.2) is 0 Å². The molecule has 0 fully saturated rings. The molecule has 0 aliphatic carbocycles. The fraction of sp³-hybridized carbons (Fsp3) is 0.250. The molecule has 4 nitrogen and oxygen atoms in total. The van der Waals surface area contributed by atoms with Gasteiger partial charge in [-0.05, 0) is 24.1 Å². The van der Waals surface area contributed by atoms with Crippen LogP contribution in [0.2, 0.25) is 0 Å². The van der Waals surface area contributed by atoms with Crippen LogP contribution in [0.1, 0.15) is 5.56 Å². The molecular formula is C8H12N2O2S. The summed E-state index contributed by atoms with van der Waals surface area (Å²) >= 11 is -1.92. The first-order valence-corrected chi connectivity index (χ1v) is 4.98. The molecule has 0 saturated carbocycles. The lowest BCUT2D eigenvalue weighted by molar-refractivity contribution is 0.549. The Morgan fingerprint density at radius 3 is 2.54 bits per heavy atom. The molecule has 72 valence electrons. The van der Waals surface area contributed by atoms with Crippen LogP contribution in [0.25, 0.3) is 0 Å². The van der Waals surface area contributed by atoms with Crippen molar-refractivity contribution in [2.45, 2.75) is 6.42 Å². The largest absolute Gasteiger partial charge is 0.399 e. The van der Waals surface area contributed by atoms with Gasteiger partial charge in [0.05, 0.1) is 0 Å². The van der Waals surface area contributed by atoms with Crippen molar-refractivity contribution in [2.24, 2.45) is 0 Å². The number of anilines is 1. The number of nitrogens with one attached hydrogen (secondary N) is 1. The third-order valence-electron chi connectivity index (χ3n) is 1.62. The summed E-state index contributed by atoms with van der Waals surface area (Å²) in [6.45, 7) is 0.479. The molecular weight excluding hydrogens is 188 g/mol. The van der Waals surface area contributed by atoms with Crippen LogP contribution in [0, 0.1) is 0 Å². The minimum absolute atomic E-state index is 0.479. The van der Waals surface area contributed by atoms with Crippen LogP contribution in [0.5, 0.6) is 0 Å². The number of hydrogen-bond acceptors (Lipinski definition) is 2. The molecule has 1 aromatic rings. The van der Waals surface area contributed by atoms with E-state index in [9.17, 15) is 4.21 Å². The number of nitrogens with two attached hydrogens (primary N) is 1. The van der Waals surface area contributed by atoms with Gasteiger partial charge in [-0.3, -0.25) is 4.55 Å². The van der Waals surface area contributed by atoms with Crippen molar-refractivity contribution in [3.63, 3.8) is 0 Å². The first kappa shape index (κ1) is 10.2. The van der Waals surface area contributed by atoms with Gasteiger partial charge in [-0.2, -0.15) is 0 Å². The first-order valence-electron chi connectivity index (χ1n) is 3.87. The van der Waals surface area contributed by atoms with Crippen LogP contribution in [0.15, 0.2) is 24.3 Å². The molecule has 0 heterocycles. The lowest BCUT2D eigenvalue weighted by atomic mass is 10.1. The van der Waals surface area contributed by atoms with E-state index in [0.29, 0.717) is 13.0 Å². The summed E-state index contributed by atoms with van der Waals surface area (Å²) < 4.78 is 21.0. The van der Waals surface area contributed by atoms with Gasteiger partial charge in [0.2, 0.25) is 11.3 Å². The SMILES string of the molecule is Nc1ccc(CCNS(=O)O)cc1. The molecule has 0 spiro atoms. The highest BCUT2D eigenvalue weighted by atomic mass is 32.2. The van der Waals surface area contributed by atoms with Crippen molar-refractivity contribution in [1.29, 1.82) is 0 Å². The molecule has 1 unspecified atom stereocenters. The number of hydrogen-bond donors (Lipinski definition) is 3. The van der Waals surface area contributed by atoms with Crippen LogP contribution < -0.4 is 10.5 Å². The monoisotopic (exact) mass is 200 g/mol. The zero-order chi connectivity index (χ0) is 9.68. The second-order valence-electron chi connectivity index (χ2n) is 2.64. The Morgan fingerprint density at radius 1 is 1.38 bits per heavy atom. The molecule has 0 aliphatic heterocycles. The van der Waals surface area contributed by atoms with Gasteiger partial charge in [-0.1, -0.05) is 12.1 Å². The summed E-state index contributed by atoms with van der Waals surface area (Å²) in [7, 11) is 0. The number of rotatable bonds is 4. The van der Waals surface area contributed by atoms with Crippen molar-refractivity contribution >= 4 is 17.0 Å². The Bertz CT molecular complexity index is 287. The highest BCUT2D eigenvalue weighted by Gasteiger charge is 1.94. The third kappa shape index (κ3) is 4.02. The zero-order valence-electron chi connectivity index (χ0n) is 7.06. The predicted molar refractivity (Wildman–Crippen MR) is 53.3 cm³/mol. The Hall–Kier alpha value is -0.910. The van der Waals surface area contributed by atoms with Crippen molar-refractivity contribution in [3.8, 4) is 0 Å². The normalized spacial score (nSPS) is 12.7. The average Bonchev–Trinajstić information content (AvgIpc) is 2.08. The molecule has 1 rings (SSSR count). The van der Waals surface area contributed by atoms with Crippen molar-refractivity contribution in [2.75, 3.05) is 12.3 Å². The Labute approximate surface area is 79.6 Å². The quantitative estimate of drug-likeness (QED) is 0.490. The minimum Gasteiger partial charge on any atom is -0.399 e. The van der Waals surface area contributed by atoms with Gasteiger partial charge in [-0.15, -0.1) is 0 Å². The molecule has 1 aromatic carbocycles. The predicted octanol–water partition coefficient (Wildman–Crippen LogP) is 0.538. The molecule has 4 N–H and O–H groups in total. The smallest absolute Gasteiger partial charge is 0.231 e. The van der Waals surface area contributed by atoms with Gasteiger partial charge in [-0.25, -0.2) is 8.93 Å². The van der Waals surface area contributed by atoms with E-state index in [1.165, 1.54) is 0 Å². The van der Waals surface area contributed by atoms with Crippen LogP contribution >= 0.6 is 0 Å². The molecule has 0 aromatic heterocycles. The van der Waals surface area contributed by atoms with Gasteiger partial charge in [0.1, 0.15) is 0 Å². The van der Waals surface area contributed by atoms with E-state index in [2.05, 4.69) is 4.72 Å². The summed E-state index contributed by atoms with van der Waals surface area (Å²) in [5.41, 5.74) is 7.31. The van der Waals surface area contributed by atoms with E-state index in [0.717, 1.165) is 11.3 Å². The highest BCUT2D eigenvalue weighted by Crippen LogP contribution is 2.05. The molecule has 0 saturated heterocycles. The average molecular weight is 200 g/mol. The van der Waals surface area contributed by atoms with Crippen LogP contribution in [-0.2, 0) is 17.7 Å². The summed E-state index contributed by atoms with van der Waals surface area (Å²) in [5, 5.41) is 0. The highest BCUT2D eigenvalue weighted by molar-refractivity contribution is 7.77. The van der Waals surface area contributed by atoms with Crippen LogP contribution in [-0.4, -0.2) is 15.3 Å². The number of nitrogen functional groups attached to an aromatic ring is 1. The van der Waals surface area contributed by atoms with E-state index in [-0.39, 0.29) is 0 Å². The minimum atomic E-state index is -1.92. The van der Waals surface area contributed by atoms with E-state index < -0.39 is 11.3 Å². The van der Waals surface area contributed by atoms with Crippen LogP contribution in [0.4, 0.5) is 5.69 Å². The zero-order valence-corrected chi connectivity index (χ0v) is 7.88. The molecule has 13 heavy (non-hydrogen) atoms. The molecule has 5 heteroatoms. The maximum absolute atomic E-state index is 10.2. The van der Waals surface area contributed by atoms with Gasteiger partial charge < -0.3 is 5.73 Å². The maximum atomic E-state index is 10.2. The lowest BCUT2D eigenvalue weighted by Gasteiger charge is -2.01. The second kappa shape index (κ2) is 4.96. The van der Waals surface area contributed by atoms with Crippen molar-refractivity contribution in [1.82, 2.24) is 4.72 Å². The molecule has 1 atom stereocenters. The maximum Gasteiger partial charge on any atom is 0.231 e. The van der Waals surface area contributed by atoms with E-state index >= 15 is 0 Å². The standard InChI is InChI=1S/C8H12N2O2S/c9-8-3-1-7(2-4-8)5-6-10-13(11)12/h1-4,10H,5-6,9H2,(H,11,12). The lowest BCUT2D eigenvalue weighted by Crippen LogP contribution is -2.18. The van der Waals surface area contributed by atoms with Crippen molar-refractivity contribution < 1.29 is 8.76 Å².